The minimum absolute atomic E-state index is 0.149. The van der Waals surface area contributed by atoms with E-state index in [0.29, 0.717) is 0 Å². The third-order valence-corrected chi connectivity index (χ3v) is 2.41. The minimum Gasteiger partial charge on any atom is -0.462 e. The number of furan rings is 1. The number of ether oxygens (including phenoxy) is 1. The highest BCUT2D eigenvalue weighted by Gasteiger charge is 2.20. The average molecular weight is 263 g/mol. The fourth-order valence-corrected chi connectivity index (χ4v) is 1.52. The molecule has 0 aliphatic rings. The van der Waals surface area contributed by atoms with Gasteiger partial charge in [0.25, 0.3) is 5.91 Å². The molecule has 0 atom stereocenters. The molecule has 0 aliphatic heterocycles. The maximum absolute atomic E-state index is 11.9. The summed E-state index contributed by atoms with van der Waals surface area (Å²) in [4.78, 5) is 23.6. The van der Waals surface area contributed by atoms with Crippen LogP contribution in [0.4, 0.5) is 5.82 Å². The highest BCUT2D eigenvalue weighted by atomic mass is 16.5. The largest absolute Gasteiger partial charge is 0.462 e. The van der Waals surface area contributed by atoms with Crippen LogP contribution in [0.25, 0.3) is 0 Å². The van der Waals surface area contributed by atoms with Gasteiger partial charge in [-0.15, -0.1) is 0 Å². The Balaban J connectivity index is 2.22. The van der Waals surface area contributed by atoms with Crippen molar-refractivity contribution in [2.75, 3.05) is 11.9 Å². The Labute approximate surface area is 109 Å². The van der Waals surface area contributed by atoms with E-state index in [9.17, 15) is 9.59 Å². The number of carbonyl (C=O) groups is 2. The van der Waals surface area contributed by atoms with Crippen molar-refractivity contribution >= 4 is 17.7 Å². The zero-order chi connectivity index (χ0) is 13.8. The standard InChI is InChI=1S/C12H13N3O4/c1-3-18-12(17)8-7-13-15(2)10(8)14-11(16)9-5-4-6-19-9/h4-7H,3H2,1-2H3,(H,14,16). The van der Waals surface area contributed by atoms with Gasteiger partial charge in [0.1, 0.15) is 11.4 Å². The topological polar surface area (TPSA) is 86.4 Å². The molecular formula is C12H13N3O4. The monoisotopic (exact) mass is 263 g/mol. The van der Waals surface area contributed by atoms with E-state index < -0.39 is 11.9 Å². The molecule has 2 aromatic rings. The van der Waals surface area contributed by atoms with Crippen LogP contribution in [0.2, 0.25) is 0 Å². The molecule has 7 heteroatoms. The van der Waals surface area contributed by atoms with Gasteiger partial charge in [0.2, 0.25) is 0 Å². The summed E-state index contributed by atoms with van der Waals surface area (Å²) in [7, 11) is 1.61. The van der Waals surface area contributed by atoms with E-state index in [2.05, 4.69) is 10.4 Å². The van der Waals surface area contributed by atoms with E-state index in [1.807, 2.05) is 0 Å². The number of hydrogen-bond acceptors (Lipinski definition) is 5. The summed E-state index contributed by atoms with van der Waals surface area (Å²) in [5.74, 6) is -0.583. The summed E-state index contributed by atoms with van der Waals surface area (Å²) >= 11 is 0. The summed E-state index contributed by atoms with van der Waals surface area (Å²) in [5.41, 5.74) is 0.198. The van der Waals surface area contributed by atoms with Gasteiger partial charge in [0.05, 0.1) is 19.1 Å². The van der Waals surface area contributed by atoms with Crippen molar-refractivity contribution in [1.82, 2.24) is 9.78 Å². The molecule has 0 aliphatic carbocycles. The molecule has 1 amide bonds. The lowest BCUT2D eigenvalue weighted by molar-refractivity contribution is 0.0527. The van der Waals surface area contributed by atoms with Crippen LogP contribution in [-0.4, -0.2) is 28.3 Å². The Bertz CT molecular complexity index is 586. The predicted octanol–water partition coefficient (Wildman–Crippen LogP) is 1.44. The third-order valence-electron chi connectivity index (χ3n) is 2.41. The first-order valence-electron chi connectivity index (χ1n) is 5.67. The van der Waals surface area contributed by atoms with Crippen LogP contribution in [0.5, 0.6) is 0 Å². The van der Waals surface area contributed by atoms with Gasteiger partial charge in [-0.2, -0.15) is 5.10 Å². The van der Waals surface area contributed by atoms with Gasteiger partial charge in [-0.1, -0.05) is 0 Å². The smallest absolute Gasteiger partial charge is 0.343 e. The van der Waals surface area contributed by atoms with Crippen molar-refractivity contribution < 1.29 is 18.7 Å². The average Bonchev–Trinajstić information content (AvgIpc) is 3.01. The number of esters is 1. The Kier molecular flexibility index (Phi) is 3.65. The maximum Gasteiger partial charge on any atom is 0.343 e. The van der Waals surface area contributed by atoms with Crippen molar-refractivity contribution in [2.24, 2.45) is 7.05 Å². The van der Waals surface area contributed by atoms with Crippen molar-refractivity contribution in [1.29, 1.82) is 0 Å². The van der Waals surface area contributed by atoms with Gasteiger partial charge in [0, 0.05) is 7.05 Å². The molecule has 0 saturated heterocycles. The lowest BCUT2D eigenvalue weighted by Crippen LogP contribution is -2.17. The van der Waals surface area contributed by atoms with Crippen LogP contribution in [0.15, 0.2) is 29.0 Å². The van der Waals surface area contributed by atoms with Crippen molar-refractivity contribution in [3.63, 3.8) is 0 Å². The Hall–Kier alpha value is -2.57. The molecule has 0 unspecified atom stereocenters. The van der Waals surface area contributed by atoms with Crippen LogP contribution in [0.1, 0.15) is 27.8 Å². The molecule has 0 saturated carbocycles. The highest BCUT2D eigenvalue weighted by molar-refractivity contribution is 6.05. The molecule has 19 heavy (non-hydrogen) atoms. The Morgan fingerprint density at radius 2 is 2.32 bits per heavy atom. The Morgan fingerprint density at radius 3 is 2.95 bits per heavy atom. The molecule has 2 aromatic heterocycles. The number of hydrogen-bond donors (Lipinski definition) is 1. The molecule has 1 N–H and O–H groups in total. The van der Waals surface area contributed by atoms with Crippen LogP contribution in [-0.2, 0) is 11.8 Å². The van der Waals surface area contributed by atoms with Gasteiger partial charge in [0.15, 0.2) is 5.76 Å². The zero-order valence-corrected chi connectivity index (χ0v) is 10.5. The number of aryl methyl sites for hydroxylation is 1. The van der Waals surface area contributed by atoms with E-state index in [1.165, 1.54) is 23.2 Å². The molecule has 0 spiro atoms. The molecule has 2 heterocycles. The Morgan fingerprint density at radius 1 is 1.53 bits per heavy atom. The quantitative estimate of drug-likeness (QED) is 0.843. The normalized spacial score (nSPS) is 10.2. The van der Waals surface area contributed by atoms with Gasteiger partial charge in [-0.3, -0.25) is 9.48 Å². The summed E-state index contributed by atoms with van der Waals surface area (Å²) < 4.78 is 11.2. The van der Waals surface area contributed by atoms with E-state index in [0.717, 1.165) is 0 Å². The van der Waals surface area contributed by atoms with Crippen LogP contribution < -0.4 is 5.32 Å². The van der Waals surface area contributed by atoms with Crippen molar-refractivity contribution in [2.45, 2.75) is 6.92 Å². The fraction of sp³-hybridized carbons (Fsp3) is 0.250. The first-order valence-corrected chi connectivity index (χ1v) is 5.67. The second-order valence-corrected chi connectivity index (χ2v) is 3.68. The number of nitrogens with zero attached hydrogens (tertiary/aromatic N) is 2. The first-order chi connectivity index (χ1) is 9.13. The SMILES string of the molecule is CCOC(=O)c1cnn(C)c1NC(=O)c1ccco1. The highest BCUT2D eigenvalue weighted by Crippen LogP contribution is 2.16. The zero-order valence-electron chi connectivity index (χ0n) is 10.5. The predicted molar refractivity (Wildman–Crippen MR) is 65.8 cm³/mol. The summed E-state index contributed by atoms with van der Waals surface area (Å²) in [6, 6.07) is 3.13. The molecular weight excluding hydrogens is 250 g/mol. The lowest BCUT2D eigenvalue weighted by atomic mass is 10.3. The first kappa shape index (κ1) is 12.9. The van der Waals surface area contributed by atoms with Gasteiger partial charge < -0.3 is 14.5 Å². The number of carbonyl (C=O) groups excluding carboxylic acids is 2. The lowest BCUT2D eigenvalue weighted by Gasteiger charge is -2.06. The number of rotatable bonds is 4. The summed E-state index contributed by atoms with van der Waals surface area (Å²) in [6.45, 7) is 1.95. The number of anilines is 1. The molecule has 7 nitrogen and oxygen atoms in total. The van der Waals surface area contributed by atoms with Crippen LogP contribution in [0.3, 0.4) is 0 Å². The summed E-state index contributed by atoms with van der Waals surface area (Å²) in [5, 5.41) is 6.49. The molecule has 0 fully saturated rings. The molecule has 0 aromatic carbocycles. The molecule has 0 bridgehead atoms. The van der Waals surface area contributed by atoms with Crippen LogP contribution in [0, 0.1) is 0 Å². The van der Waals surface area contributed by atoms with E-state index in [1.54, 1.807) is 20.0 Å². The second kappa shape index (κ2) is 5.38. The number of amides is 1. The van der Waals surface area contributed by atoms with E-state index in [-0.39, 0.29) is 23.7 Å². The fourth-order valence-electron chi connectivity index (χ4n) is 1.52. The minimum atomic E-state index is -0.537. The van der Waals surface area contributed by atoms with Crippen LogP contribution >= 0.6 is 0 Å². The van der Waals surface area contributed by atoms with Crippen molar-refractivity contribution in [3.8, 4) is 0 Å². The van der Waals surface area contributed by atoms with E-state index in [4.69, 9.17) is 9.15 Å². The molecule has 2 rings (SSSR count). The van der Waals surface area contributed by atoms with Crippen molar-refractivity contribution in [3.05, 3.63) is 35.9 Å². The van der Waals surface area contributed by atoms with Gasteiger partial charge in [-0.05, 0) is 19.1 Å². The summed E-state index contributed by atoms with van der Waals surface area (Å²) in [6.07, 6.45) is 2.74. The van der Waals surface area contributed by atoms with E-state index >= 15 is 0 Å². The number of nitrogens with one attached hydrogen (secondary N) is 1. The third kappa shape index (κ3) is 2.65. The van der Waals surface area contributed by atoms with Gasteiger partial charge in [-0.25, -0.2) is 4.79 Å². The number of aromatic nitrogens is 2. The second-order valence-electron chi connectivity index (χ2n) is 3.68. The molecule has 0 radical (unpaired) electrons. The molecule has 100 valence electrons. The maximum atomic E-state index is 11.9. The van der Waals surface area contributed by atoms with Gasteiger partial charge >= 0.3 is 5.97 Å².